The van der Waals surface area contributed by atoms with E-state index in [-0.39, 0.29) is 5.75 Å². The molecule has 2 aromatic rings. The minimum absolute atomic E-state index is 0.123. The summed E-state index contributed by atoms with van der Waals surface area (Å²) in [7, 11) is -3.07. The maximum absolute atomic E-state index is 15.4. The van der Waals surface area contributed by atoms with E-state index < -0.39 is 81.6 Å². The summed E-state index contributed by atoms with van der Waals surface area (Å²) in [4.78, 5) is 43.9. The van der Waals surface area contributed by atoms with Crippen LogP contribution in [0.15, 0.2) is 52.2 Å². The second-order valence-corrected chi connectivity index (χ2v) is 9.55. The molecule has 2 heterocycles. The lowest BCUT2D eigenvalue weighted by Crippen LogP contribution is -2.43. The summed E-state index contributed by atoms with van der Waals surface area (Å²) >= 11 is 0. The summed E-state index contributed by atoms with van der Waals surface area (Å²) in [5, 5.41) is 10.5. The zero-order valence-corrected chi connectivity index (χ0v) is 21.1. The number of rotatable bonds is 12. The molecular weight excluding hydrogens is 538 g/mol. The number of hydroxylamine groups is 1. The van der Waals surface area contributed by atoms with Gasteiger partial charge >= 0.3 is 19.8 Å². The molecule has 0 saturated carbocycles. The summed E-state index contributed by atoms with van der Waals surface area (Å²) < 4.78 is 70.2. The van der Waals surface area contributed by atoms with Crippen molar-refractivity contribution in [3.05, 3.63) is 63.4 Å². The molecule has 38 heavy (non-hydrogen) atoms. The normalized spacial score (nSPS) is 24.4. The summed E-state index contributed by atoms with van der Waals surface area (Å²) in [6, 6.07) is 7.22. The Morgan fingerprint density at radius 3 is 2.53 bits per heavy atom. The van der Waals surface area contributed by atoms with Crippen LogP contribution in [0.2, 0.25) is 0 Å². The molecule has 2 unspecified atom stereocenters. The number of nitrogens with zero attached hydrogens (tertiary/aromatic N) is 2. The van der Waals surface area contributed by atoms with E-state index in [1.807, 2.05) is 4.98 Å². The van der Waals surface area contributed by atoms with Gasteiger partial charge in [-0.05, 0) is 30.5 Å². The molecule has 0 spiro atoms. The smallest absolute Gasteiger partial charge is 0.455 e. The number of carbonyl (C=O) groups is 1. The molecule has 0 radical (unpaired) electrons. The number of hydrogen-bond acceptors (Lipinski definition) is 9. The lowest BCUT2D eigenvalue weighted by atomic mass is 9.98. The standard InChI is InChI=1S/C22H25F3N3O9P/c1-13(19(31)35-15(10-23)11-24)28(37-14-6-4-3-5-7-14)38(33)34-12-16-18(30)22(2,25)20(36-16)27-9-8-17(29)26-21(27)32/h3-9,13,15-16,18,20,30H,10-12H2,1-2H3/p+1/t13?,16-,18-,20-,22-/m1/s1. The number of aromatic amines is 1. The molecule has 208 valence electrons. The van der Waals surface area contributed by atoms with Crippen molar-refractivity contribution in [1.82, 2.24) is 14.4 Å². The molecule has 1 fully saturated rings. The Labute approximate surface area is 214 Å². The average molecular weight is 564 g/mol. The molecule has 1 aliphatic heterocycles. The molecule has 6 atom stereocenters. The third-order valence-corrected chi connectivity index (χ3v) is 6.69. The Bertz CT molecular complexity index is 1230. The fourth-order valence-corrected chi connectivity index (χ4v) is 4.38. The van der Waals surface area contributed by atoms with Crippen molar-refractivity contribution in [2.24, 2.45) is 0 Å². The number of aromatic nitrogens is 2. The van der Waals surface area contributed by atoms with Crippen molar-refractivity contribution in [2.45, 2.75) is 50.1 Å². The first-order valence-corrected chi connectivity index (χ1v) is 12.4. The van der Waals surface area contributed by atoms with Crippen molar-refractivity contribution < 1.29 is 46.5 Å². The van der Waals surface area contributed by atoms with Crippen LogP contribution in [0.4, 0.5) is 13.2 Å². The number of hydrogen-bond donors (Lipinski definition) is 2. The van der Waals surface area contributed by atoms with Gasteiger partial charge in [0, 0.05) is 12.3 Å². The molecule has 1 aliphatic rings. The topological polar surface area (TPSA) is 149 Å². The molecular formula is C22H26F3N3O9P+. The van der Waals surface area contributed by atoms with E-state index in [0.717, 1.165) is 23.8 Å². The minimum atomic E-state index is -3.07. The van der Waals surface area contributed by atoms with E-state index in [4.69, 9.17) is 18.8 Å². The van der Waals surface area contributed by atoms with Crippen molar-refractivity contribution in [1.29, 1.82) is 0 Å². The maximum Gasteiger partial charge on any atom is 0.653 e. The molecule has 1 aromatic heterocycles. The predicted molar refractivity (Wildman–Crippen MR) is 125 cm³/mol. The zero-order valence-electron chi connectivity index (χ0n) is 20.2. The van der Waals surface area contributed by atoms with E-state index in [0.29, 0.717) is 4.83 Å². The largest absolute Gasteiger partial charge is 0.653 e. The van der Waals surface area contributed by atoms with E-state index in [2.05, 4.69) is 0 Å². The molecule has 1 aromatic carbocycles. The summed E-state index contributed by atoms with van der Waals surface area (Å²) in [6.07, 6.45) is -5.66. The van der Waals surface area contributed by atoms with Crippen molar-refractivity contribution in [3.8, 4) is 5.75 Å². The molecule has 1 saturated heterocycles. The van der Waals surface area contributed by atoms with Gasteiger partial charge in [-0.2, -0.15) is 0 Å². The van der Waals surface area contributed by atoms with Crippen molar-refractivity contribution in [2.75, 3.05) is 20.0 Å². The van der Waals surface area contributed by atoms with Gasteiger partial charge in [0.1, 0.15) is 37.0 Å². The van der Waals surface area contributed by atoms with Crippen molar-refractivity contribution >= 4 is 14.1 Å². The number of para-hydroxylation sites is 1. The molecule has 16 heteroatoms. The Hall–Kier alpha value is -3.10. The number of benzene rings is 1. The van der Waals surface area contributed by atoms with Gasteiger partial charge in [-0.3, -0.25) is 19.1 Å². The highest BCUT2D eigenvalue weighted by atomic mass is 31.1. The summed E-state index contributed by atoms with van der Waals surface area (Å²) in [5.41, 5.74) is -4.24. The monoisotopic (exact) mass is 564 g/mol. The Morgan fingerprint density at radius 1 is 1.26 bits per heavy atom. The second kappa shape index (κ2) is 12.6. The highest BCUT2D eigenvalue weighted by Gasteiger charge is 2.56. The van der Waals surface area contributed by atoms with E-state index in [1.165, 1.54) is 19.1 Å². The Kier molecular flexibility index (Phi) is 9.79. The van der Waals surface area contributed by atoms with Crippen LogP contribution >= 0.6 is 8.18 Å². The third-order valence-electron chi connectivity index (χ3n) is 5.57. The number of H-pyrrole nitrogens is 1. The van der Waals surface area contributed by atoms with Gasteiger partial charge in [-0.15, -0.1) is 4.52 Å². The number of aliphatic hydroxyl groups excluding tert-OH is 1. The van der Waals surface area contributed by atoms with Crippen LogP contribution in [-0.4, -0.2) is 75.4 Å². The highest BCUT2D eigenvalue weighted by molar-refractivity contribution is 7.36. The van der Waals surface area contributed by atoms with Gasteiger partial charge in [0.15, 0.2) is 29.8 Å². The SMILES string of the molecule is CC(C(=O)OC(CF)CF)N(Oc1ccccc1)[P+](=O)OC[C@H]1O[C@@H](n2ccc(=O)[nH]c2=O)[C@](C)(F)[C@@H]1O. The fraction of sp³-hybridized carbons (Fsp3) is 0.500. The number of ether oxygens (including phenoxy) is 2. The van der Waals surface area contributed by atoms with E-state index in [9.17, 15) is 32.8 Å². The van der Waals surface area contributed by atoms with Crippen LogP contribution in [0, 0.1) is 0 Å². The molecule has 2 N–H and O–H groups in total. The average Bonchev–Trinajstić information content (AvgIpc) is 3.12. The number of nitrogens with one attached hydrogen (secondary N) is 1. The first-order chi connectivity index (χ1) is 18.0. The lowest BCUT2D eigenvalue weighted by Gasteiger charge is -2.24. The highest BCUT2D eigenvalue weighted by Crippen LogP contribution is 2.42. The molecule has 3 rings (SSSR count). The van der Waals surface area contributed by atoms with Crippen molar-refractivity contribution in [3.63, 3.8) is 0 Å². The summed E-state index contributed by atoms with van der Waals surface area (Å²) in [5.74, 6) is -1.04. The number of carbonyl (C=O) groups excluding carboxylic acids is 1. The first-order valence-electron chi connectivity index (χ1n) is 11.3. The number of aliphatic hydroxyl groups is 1. The molecule has 0 aliphatic carbocycles. The van der Waals surface area contributed by atoms with Gasteiger partial charge in [0.2, 0.25) is 0 Å². The number of alkyl halides is 3. The van der Waals surface area contributed by atoms with Gasteiger partial charge in [-0.25, -0.2) is 18.0 Å². The Balaban J connectivity index is 1.75. The van der Waals surface area contributed by atoms with Gasteiger partial charge in [0.25, 0.3) is 5.56 Å². The zero-order chi connectivity index (χ0) is 28.0. The van der Waals surface area contributed by atoms with Gasteiger partial charge in [-0.1, -0.05) is 18.2 Å². The maximum atomic E-state index is 15.4. The first kappa shape index (κ1) is 29.5. The number of halogens is 3. The van der Waals surface area contributed by atoms with E-state index >= 15 is 4.39 Å². The van der Waals surface area contributed by atoms with Gasteiger partial charge in [0.05, 0.1) is 0 Å². The molecule has 12 nitrogen and oxygen atoms in total. The van der Waals surface area contributed by atoms with Crippen LogP contribution in [0.25, 0.3) is 0 Å². The van der Waals surface area contributed by atoms with Crippen LogP contribution in [0.3, 0.4) is 0 Å². The van der Waals surface area contributed by atoms with E-state index in [1.54, 1.807) is 18.2 Å². The quantitative estimate of drug-likeness (QED) is 0.222. The van der Waals surface area contributed by atoms with Crippen LogP contribution in [-0.2, 0) is 23.4 Å². The Morgan fingerprint density at radius 2 is 1.92 bits per heavy atom. The number of esters is 1. The summed E-state index contributed by atoms with van der Waals surface area (Å²) in [6.45, 7) is -1.10. The molecule has 0 amide bonds. The fourth-order valence-electron chi connectivity index (χ4n) is 3.46. The second-order valence-electron chi connectivity index (χ2n) is 8.42. The van der Waals surface area contributed by atoms with Crippen LogP contribution < -0.4 is 16.1 Å². The predicted octanol–water partition coefficient (Wildman–Crippen LogP) is 1.73. The minimum Gasteiger partial charge on any atom is -0.455 e. The van der Waals surface area contributed by atoms with Crippen LogP contribution in [0.1, 0.15) is 20.1 Å². The lowest BCUT2D eigenvalue weighted by molar-refractivity contribution is -0.162. The van der Waals surface area contributed by atoms with Gasteiger partial charge < -0.3 is 19.4 Å². The van der Waals surface area contributed by atoms with Crippen LogP contribution in [0.5, 0.6) is 5.75 Å². The molecule has 0 bridgehead atoms. The third kappa shape index (κ3) is 6.66.